The normalized spacial score (nSPS) is 22.2. The number of benzene rings is 1. The largest absolute Gasteiger partial charge is 0.494 e. The molecule has 1 fully saturated rings. The van der Waals surface area contributed by atoms with E-state index in [0.29, 0.717) is 12.1 Å². The summed E-state index contributed by atoms with van der Waals surface area (Å²) in [5.74, 6) is -0.207. The minimum absolute atomic E-state index is 0.00655. The van der Waals surface area contributed by atoms with Gasteiger partial charge in [0, 0.05) is 18.5 Å². The summed E-state index contributed by atoms with van der Waals surface area (Å²) in [4.78, 5) is 11.7. The third-order valence-electron chi connectivity index (χ3n) is 3.23. The first-order valence-corrected chi connectivity index (χ1v) is 5.96. The first kappa shape index (κ1) is 12.8. The highest BCUT2D eigenvalue weighted by atomic mass is 19.1. The Bertz CT molecular complexity index is 445. The van der Waals surface area contributed by atoms with Gasteiger partial charge in [0.15, 0.2) is 11.6 Å². The lowest BCUT2D eigenvalue weighted by Gasteiger charge is -2.31. The lowest BCUT2D eigenvalue weighted by Crippen LogP contribution is -2.44. The van der Waals surface area contributed by atoms with Crippen molar-refractivity contribution in [1.29, 1.82) is 0 Å². The number of halogens is 1. The summed E-state index contributed by atoms with van der Waals surface area (Å²) in [6.45, 7) is 0.325. The lowest BCUT2D eigenvalue weighted by atomic mass is 9.80. The lowest BCUT2D eigenvalue weighted by molar-refractivity contribution is -0.128. The number of amides is 1. The van der Waals surface area contributed by atoms with Crippen molar-refractivity contribution in [2.75, 3.05) is 7.11 Å². The zero-order valence-electron chi connectivity index (χ0n) is 10.3. The summed E-state index contributed by atoms with van der Waals surface area (Å²) in [7, 11) is 1.42. The molecule has 1 aliphatic rings. The molecule has 1 saturated carbocycles. The monoisotopic (exact) mass is 252 g/mol. The van der Waals surface area contributed by atoms with Crippen LogP contribution in [-0.2, 0) is 11.3 Å². The van der Waals surface area contributed by atoms with Crippen LogP contribution in [0.1, 0.15) is 18.4 Å². The molecule has 98 valence electrons. The van der Waals surface area contributed by atoms with Crippen molar-refractivity contribution >= 4 is 5.91 Å². The zero-order valence-corrected chi connectivity index (χ0v) is 10.3. The number of carbonyl (C=O) groups excluding carboxylic acids is 1. The van der Waals surface area contributed by atoms with Gasteiger partial charge in [-0.25, -0.2) is 4.39 Å². The van der Waals surface area contributed by atoms with E-state index >= 15 is 0 Å². The number of hydrogen-bond acceptors (Lipinski definition) is 3. The standard InChI is InChI=1S/C13H17FN2O2/c1-18-12-3-2-8(4-11(12)14)7-16-13(17)9-5-10(15)6-9/h2-4,9-10H,5-7,15H2,1H3,(H,16,17). The molecule has 0 aliphatic heterocycles. The number of methoxy groups -OCH3 is 1. The molecule has 1 aliphatic carbocycles. The van der Waals surface area contributed by atoms with E-state index in [1.54, 1.807) is 12.1 Å². The second kappa shape index (κ2) is 5.35. The number of nitrogens with two attached hydrogens (primary N) is 1. The SMILES string of the molecule is COc1ccc(CNC(=O)C2CC(N)C2)cc1F. The van der Waals surface area contributed by atoms with Crippen LogP contribution in [-0.4, -0.2) is 19.1 Å². The molecule has 3 N–H and O–H groups in total. The average molecular weight is 252 g/mol. The summed E-state index contributed by atoms with van der Waals surface area (Å²) in [6, 6.07) is 4.80. The van der Waals surface area contributed by atoms with Gasteiger partial charge in [-0.05, 0) is 30.5 Å². The Morgan fingerprint density at radius 3 is 2.83 bits per heavy atom. The van der Waals surface area contributed by atoms with Crippen LogP contribution < -0.4 is 15.8 Å². The van der Waals surface area contributed by atoms with Gasteiger partial charge in [0.1, 0.15) is 0 Å². The van der Waals surface area contributed by atoms with E-state index in [9.17, 15) is 9.18 Å². The van der Waals surface area contributed by atoms with Gasteiger partial charge in [-0.3, -0.25) is 4.79 Å². The van der Waals surface area contributed by atoms with E-state index in [4.69, 9.17) is 10.5 Å². The zero-order chi connectivity index (χ0) is 13.1. The van der Waals surface area contributed by atoms with Gasteiger partial charge in [0.05, 0.1) is 7.11 Å². The average Bonchev–Trinajstić information content (AvgIpc) is 2.32. The second-order valence-electron chi connectivity index (χ2n) is 4.62. The molecule has 18 heavy (non-hydrogen) atoms. The van der Waals surface area contributed by atoms with E-state index in [0.717, 1.165) is 12.8 Å². The third kappa shape index (κ3) is 2.79. The smallest absolute Gasteiger partial charge is 0.223 e. The Labute approximate surface area is 105 Å². The number of nitrogens with one attached hydrogen (secondary N) is 1. The van der Waals surface area contributed by atoms with Crippen LogP contribution in [0.25, 0.3) is 0 Å². The predicted molar refractivity (Wildman–Crippen MR) is 65.5 cm³/mol. The molecule has 0 radical (unpaired) electrons. The maximum Gasteiger partial charge on any atom is 0.223 e. The van der Waals surface area contributed by atoms with Crippen LogP contribution in [0.3, 0.4) is 0 Å². The Morgan fingerprint density at radius 1 is 1.56 bits per heavy atom. The van der Waals surface area contributed by atoms with Gasteiger partial charge in [-0.2, -0.15) is 0 Å². The Kier molecular flexibility index (Phi) is 3.81. The predicted octanol–water partition coefficient (Wildman–Crippen LogP) is 1.19. The molecule has 0 spiro atoms. The van der Waals surface area contributed by atoms with Crippen molar-refractivity contribution in [3.63, 3.8) is 0 Å². The van der Waals surface area contributed by atoms with Crippen LogP contribution in [0.15, 0.2) is 18.2 Å². The summed E-state index contributed by atoms with van der Waals surface area (Å²) in [6.07, 6.45) is 1.48. The molecule has 4 nitrogen and oxygen atoms in total. The van der Waals surface area contributed by atoms with Crippen molar-refractivity contribution in [3.8, 4) is 5.75 Å². The summed E-state index contributed by atoms with van der Waals surface area (Å²) < 4.78 is 18.2. The van der Waals surface area contributed by atoms with Gasteiger partial charge in [-0.1, -0.05) is 6.07 Å². The molecule has 0 bridgehead atoms. The highest BCUT2D eigenvalue weighted by Crippen LogP contribution is 2.25. The second-order valence-corrected chi connectivity index (χ2v) is 4.62. The minimum atomic E-state index is -0.421. The number of ether oxygens (including phenoxy) is 1. The molecule has 0 aromatic heterocycles. The summed E-state index contributed by atoms with van der Waals surface area (Å²) in [5, 5.41) is 2.78. The third-order valence-corrected chi connectivity index (χ3v) is 3.23. The van der Waals surface area contributed by atoms with E-state index < -0.39 is 5.82 Å². The van der Waals surface area contributed by atoms with Gasteiger partial charge in [-0.15, -0.1) is 0 Å². The van der Waals surface area contributed by atoms with Crippen molar-refractivity contribution in [2.45, 2.75) is 25.4 Å². The van der Waals surface area contributed by atoms with Gasteiger partial charge >= 0.3 is 0 Å². The maximum atomic E-state index is 13.4. The quantitative estimate of drug-likeness (QED) is 0.846. The molecular weight excluding hydrogens is 235 g/mol. The van der Waals surface area contributed by atoms with E-state index in [1.165, 1.54) is 13.2 Å². The molecule has 0 saturated heterocycles. The topological polar surface area (TPSA) is 64.3 Å². The molecule has 5 heteroatoms. The molecule has 1 aromatic rings. The fraction of sp³-hybridized carbons (Fsp3) is 0.462. The van der Waals surface area contributed by atoms with Crippen LogP contribution >= 0.6 is 0 Å². The molecule has 1 amide bonds. The molecule has 0 atom stereocenters. The van der Waals surface area contributed by atoms with Crippen LogP contribution in [0.5, 0.6) is 5.75 Å². The number of hydrogen-bond donors (Lipinski definition) is 2. The van der Waals surface area contributed by atoms with Gasteiger partial charge in [0.2, 0.25) is 5.91 Å². The first-order chi connectivity index (χ1) is 8.60. The van der Waals surface area contributed by atoms with Crippen molar-refractivity contribution in [2.24, 2.45) is 11.7 Å². The maximum absolute atomic E-state index is 13.4. The van der Waals surface area contributed by atoms with Crippen LogP contribution in [0, 0.1) is 11.7 Å². The van der Waals surface area contributed by atoms with E-state index in [-0.39, 0.29) is 23.6 Å². The fourth-order valence-corrected chi connectivity index (χ4v) is 2.03. The molecule has 2 rings (SSSR count). The van der Waals surface area contributed by atoms with Gasteiger partial charge < -0.3 is 15.8 Å². The molecular formula is C13H17FN2O2. The van der Waals surface area contributed by atoms with Crippen molar-refractivity contribution in [3.05, 3.63) is 29.6 Å². The van der Waals surface area contributed by atoms with Crippen LogP contribution in [0.4, 0.5) is 4.39 Å². The fourth-order valence-electron chi connectivity index (χ4n) is 2.03. The van der Waals surface area contributed by atoms with Gasteiger partial charge in [0.25, 0.3) is 0 Å². The Balaban J connectivity index is 1.86. The van der Waals surface area contributed by atoms with Crippen molar-refractivity contribution < 1.29 is 13.9 Å². The summed E-state index contributed by atoms with van der Waals surface area (Å²) >= 11 is 0. The molecule has 1 aromatic carbocycles. The minimum Gasteiger partial charge on any atom is -0.494 e. The Hall–Kier alpha value is -1.62. The Morgan fingerprint density at radius 2 is 2.28 bits per heavy atom. The van der Waals surface area contributed by atoms with E-state index in [2.05, 4.69) is 5.32 Å². The van der Waals surface area contributed by atoms with Crippen LogP contribution in [0.2, 0.25) is 0 Å². The highest BCUT2D eigenvalue weighted by Gasteiger charge is 2.31. The number of rotatable bonds is 4. The van der Waals surface area contributed by atoms with Crippen molar-refractivity contribution in [1.82, 2.24) is 5.32 Å². The number of carbonyl (C=O) groups is 1. The highest BCUT2D eigenvalue weighted by molar-refractivity contribution is 5.79. The van der Waals surface area contributed by atoms with E-state index in [1.807, 2.05) is 0 Å². The first-order valence-electron chi connectivity index (χ1n) is 5.96. The molecule has 0 unspecified atom stereocenters. The molecule has 0 heterocycles. The summed E-state index contributed by atoms with van der Waals surface area (Å²) in [5.41, 5.74) is 6.34.